The lowest BCUT2D eigenvalue weighted by molar-refractivity contribution is -0.128. The van der Waals surface area contributed by atoms with E-state index >= 15 is 0 Å². The molecule has 0 aliphatic carbocycles. The Hall–Kier alpha value is -2.19. The van der Waals surface area contributed by atoms with E-state index in [0.29, 0.717) is 30.4 Å². The molecule has 1 aliphatic rings. The number of hydrogen-bond acceptors (Lipinski definition) is 6. The van der Waals surface area contributed by atoms with Gasteiger partial charge in [0.25, 0.3) is 0 Å². The van der Waals surface area contributed by atoms with Crippen LogP contribution in [0.2, 0.25) is 0 Å². The molecule has 1 amide bonds. The van der Waals surface area contributed by atoms with Crippen molar-refractivity contribution in [2.24, 2.45) is 0 Å². The molecule has 0 saturated carbocycles. The average Bonchev–Trinajstić information content (AvgIpc) is 3.02. The number of thioether (sulfide) groups is 1. The van der Waals surface area contributed by atoms with Gasteiger partial charge in [0.05, 0.1) is 24.4 Å². The summed E-state index contributed by atoms with van der Waals surface area (Å²) in [5, 5.41) is -0.132. The van der Waals surface area contributed by atoms with Crippen LogP contribution in [0.1, 0.15) is 23.4 Å². The summed E-state index contributed by atoms with van der Waals surface area (Å²) in [6, 6.07) is 12.4. The highest BCUT2D eigenvalue weighted by Gasteiger charge is 2.33. The Kier molecular flexibility index (Phi) is 6.20. The van der Waals surface area contributed by atoms with Gasteiger partial charge in [-0.05, 0) is 42.3 Å². The number of sulfone groups is 1. The second kappa shape index (κ2) is 8.45. The summed E-state index contributed by atoms with van der Waals surface area (Å²) in [4.78, 5) is 14.5. The largest absolute Gasteiger partial charge is 0.493 e. The van der Waals surface area contributed by atoms with Crippen molar-refractivity contribution >= 4 is 27.5 Å². The van der Waals surface area contributed by atoms with E-state index in [0.717, 1.165) is 11.1 Å². The van der Waals surface area contributed by atoms with Crippen LogP contribution in [0, 0.1) is 0 Å². The number of carbonyl (C=O) groups excluding carboxylic acids is 1. The summed E-state index contributed by atoms with van der Waals surface area (Å²) in [5.74, 6) is 1.76. The standard InChI is InChI=1S/C20H23NO5S2/c1-4-26-18-11-15(7-10-17(18)25-2)20-21(19(22)13-27-20)12-14-5-8-16(9-6-14)28(3,23)24/h5-11,20H,4,12-13H2,1-3H3. The van der Waals surface area contributed by atoms with Gasteiger partial charge in [0.1, 0.15) is 5.37 Å². The lowest BCUT2D eigenvalue weighted by Crippen LogP contribution is -2.27. The van der Waals surface area contributed by atoms with Gasteiger partial charge in [-0.1, -0.05) is 18.2 Å². The van der Waals surface area contributed by atoms with E-state index < -0.39 is 9.84 Å². The highest BCUT2D eigenvalue weighted by molar-refractivity contribution is 8.00. The van der Waals surface area contributed by atoms with Crippen molar-refractivity contribution in [1.82, 2.24) is 4.90 Å². The van der Waals surface area contributed by atoms with Gasteiger partial charge in [-0.2, -0.15) is 0 Å². The fraction of sp³-hybridized carbons (Fsp3) is 0.350. The molecule has 0 spiro atoms. The Morgan fingerprint density at radius 1 is 1.14 bits per heavy atom. The molecule has 2 aromatic rings. The molecule has 2 aromatic carbocycles. The molecule has 1 aliphatic heterocycles. The molecule has 3 rings (SSSR count). The fourth-order valence-corrected chi connectivity index (χ4v) is 4.86. The summed E-state index contributed by atoms with van der Waals surface area (Å²) >= 11 is 1.56. The minimum absolute atomic E-state index is 0.0518. The van der Waals surface area contributed by atoms with E-state index in [2.05, 4.69) is 0 Å². The molecule has 0 radical (unpaired) electrons. The fourth-order valence-electron chi connectivity index (χ4n) is 3.06. The number of ether oxygens (including phenoxy) is 2. The molecule has 1 heterocycles. The van der Waals surface area contributed by atoms with Crippen molar-refractivity contribution in [2.75, 3.05) is 25.7 Å². The first-order valence-electron chi connectivity index (χ1n) is 8.84. The van der Waals surface area contributed by atoms with E-state index in [9.17, 15) is 13.2 Å². The van der Waals surface area contributed by atoms with Crippen LogP contribution in [-0.2, 0) is 21.2 Å². The van der Waals surface area contributed by atoms with Crippen LogP contribution in [0.15, 0.2) is 47.4 Å². The highest BCUT2D eigenvalue weighted by atomic mass is 32.2. The summed E-state index contributed by atoms with van der Waals surface area (Å²) < 4.78 is 34.2. The van der Waals surface area contributed by atoms with E-state index in [4.69, 9.17) is 9.47 Å². The summed E-state index contributed by atoms with van der Waals surface area (Å²) in [5.41, 5.74) is 1.85. The Labute approximate surface area is 169 Å². The highest BCUT2D eigenvalue weighted by Crippen LogP contribution is 2.42. The summed E-state index contributed by atoms with van der Waals surface area (Å²) in [6.07, 6.45) is 1.18. The smallest absolute Gasteiger partial charge is 0.234 e. The quantitative estimate of drug-likeness (QED) is 0.683. The zero-order valence-electron chi connectivity index (χ0n) is 16.0. The van der Waals surface area contributed by atoms with Crippen LogP contribution in [0.25, 0.3) is 0 Å². The number of hydrogen-bond donors (Lipinski definition) is 0. The topological polar surface area (TPSA) is 72.9 Å². The third kappa shape index (κ3) is 4.44. The van der Waals surface area contributed by atoms with Crippen LogP contribution >= 0.6 is 11.8 Å². The Balaban J connectivity index is 1.84. The van der Waals surface area contributed by atoms with Gasteiger partial charge in [-0.3, -0.25) is 4.79 Å². The molecule has 150 valence electrons. The first-order valence-corrected chi connectivity index (χ1v) is 11.8. The molecule has 0 N–H and O–H groups in total. The Morgan fingerprint density at radius 2 is 1.86 bits per heavy atom. The van der Waals surface area contributed by atoms with Gasteiger partial charge in [0.15, 0.2) is 21.3 Å². The molecule has 8 heteroatoms. The van der Waals surface area contributed by atoms with Crippen LogP contribution < -0.4 is 9.47 Å². The van der Waals surface area contributed by atoms with Crippen LogP contribution in [-0.4, -0.2) is 45.0 Å². The monoisotopic (exact) mass is 421 g/mol. The third-order valence-corrected chi connectivity index (χ3v) is 6.83. The lowest BCUT2D eigenvalue weighted by atomic mass is 10.1. The van der Waals surface area contributed by atoms with E-state index in [1.54, 1.807) is 48.0 Å². The molecular formula is C20H23NO5S2. The zero-order chi connectivity index (χ0) is 20.3. The second-order valence-electron chi connectivity index (χ2n) is 6.44. The maximum Gasteiger partial charge on any atom is 0.234 e. The number of benzene rings is 2. The number of amides is 1. The van der Waals surface area contributed by atoms with Crippen molar-refractivity contribution in [3.63, 3.8) is 0 Å². The van der Waals surface area contributed by atoms with Crippen molar-refractivity contribution in [1.29, 1.82) is 0 Å². The molecule has 28 heavy (non-hydrogen) atoms. The number of nitrogens with zero attached hydrogens (tertiary/aromatic N) is 1. The predicted octanol–water partition coefficient (Wildman–Crippen LogP) is 3.27. The number of methoxy groups -OCH3 is 1. The molecule has 1 atom stereocenters. The van der Waals surface area contributed by atoms with Gasteiger partial charge in [-0.15, -0.1) is 11.8 Å². The zero-order valence-corrected chi connectivity index (χ0v) is 17.7. The Bertz CT molecular complexity index is 957. The van der Waals surface area contributed by atoms with E-state index in [1.165, 1.54) is 6.26 Å². The molecule has 6 nitrogen and oxygen atoms in total. The Morgan fingerprint density at radius 3 is 2.46 bits per heavy atom. The van der Waals surface area contributed by atoms with Crippen LogP contribution in [0.3, 0.4) is 0 Å². The van der Waals surface area contributed by atoms with Crippen molar-refractivity contribution in [3.05, 3.63) is 53.6 Å². The molecule has 1 saturated heterocycles. The summed E-state index contributed by atoms with van der Waals surface area (Å²) in [7, 11) is -1.64. The van der Waals surface area contributed by atoms with Gasteiger partial charge in [-0.25, -0.2) is 8.42 Å². The summed E-state index contributed by atoms with van der Waals surface area (Å²) in [6.45, 7) is 2.84. The number of rotatable bonds is 7. The molecule has 0 aromatic heterocycles. The third-order valence-electron chi connectivity index (χ3n) is 4.45. The average molecular weight is 422 g/mol. The van der Waals surface area contributed by atoms with Crippen LogP contribution in [0.4, 0.5) is 0 Å². The van der Waals surface area contributed by atoms with Gasteiger partial charge < -0.3 is 14.4 Å². The maximum absolute atomic E-state index is 12.5. The minimum atomic E-state index is -3.24. The van der Waals surface area contributed by atoms with E-state index in [1.807, 2.05) is 25.1 Å². The second-order valence-corrected chi connectivity index (χ2v) is 9.53. The normalized spacial score (nSPS) is 17.0. The maximum atomic E-state index is 12.5. The SMILES string of the molecule is CCOc1cc(C2SCC(=O)N2Cc2ccc(S(C)(=O)=O)cc2)ccc1OC. The first-order chi connectivity index (χ1) is 13.3. The minimum Gasteiger partial charge on any atom is -0.493 e. The van der Waals surface area contributed by atoms with Crippen molar-refractivity contribution in [3.8, 4) is 11.5 Å². The van der Waals surface area contributed by atoms with Gasteiger partial charge >= 0.3 is 0 Å². The van der Waals surface area contributed by atoms with E-state index in [-0.39, 0.29) is 16.2 Å². The number of carbonyl (C=O) groups is 1. The van der Waals surface area contributed by atoms with Gasteiger partial charge in [0.2, 0.25) is 5.91 Å². The van der Waals surface area contributed by atoms with Crippen molar-refractivity contribution in [2.45, 2.75) is 23.7 Å². The molecular weight excluding hydrogens is 398 g/mol. The predicted molar refractivity (Wildman–Crippen MR) is 109 cm³/mol. The molecule has 0 bridgehead atoms. The van der Waals surface area contributed by atoms with Gasteiger partial charge in [0, 0.05) is 12.8 Å². The molecule has 1 unspecified atom stereocenters. The molecule has 1 fully saturated rings. The lowest BCUT2D eigenvalue weighted by Gasteiger charge is -2.25. The first kappa shape index (κ1) is 20.5. The van der Waals surface area contributed by atoms with Crippen molar-refractivity contribution < 1.29 is 22.7 Å². The van der Waals surface area contributed by atoms with Crippen LogP contribution in [0.5, 0.6) is 11.5 Å².